The number of hydrogen-bond donors (Lipinski definition) is 1. The zero-order valence-electron chi connectivity index (χ0n) is 8.15. The maximum atomic E-state index is 6.07. The largest absolute Gasteiger partial charge is 0.488 e. The number of benzene rings is 1. The van der Waals surface area contributed by atoms with E-state index in [4.69, 9.17) is 10.5 Å². The van der Waals surface area contributed by atoms with E-state index in [1.54, 1.807) is 0 Å². The highest BCUT2D eigenvalue weighted by Gasteiger charge is 2.40. The van der Waals surface area contributed by atoms with Crippen LogP contribution in [0, 0.1) is 0 Å². The molecule has 14 heavy (non-hydrogen) atoms. The van der Waals surface area contributed by atoms with E-state index in [1.165, 1.54) is 18.4 Å². The molecule has 1 aliphatic heterocycles. The van der Waals surface area contributed by atoms with Gasteiger partial charge in [0.15, 0.2) is 0 Å². The first-order valence-electron chi connectivity index (χ1n) is 5.37. The van der Waals surface area contributed by atoms with Gasteiger partial charge in [-0.3, -0.25) is 0 Å². The predicted molar refractivity (Wildman–Crippen MR) is 55.4 cm³/mol. The van der Waals surface area contributed by atoms with Crippen molar-refractivity contribution in [1.29, 1.82) is 0 Å². The summed E-state index contributed by atoms with van der Waals surface area (Å²) in [6.45, 7) is 0. The van der Waals surface area contributed by atoms with Crippen molar-refractivity contribution in [2.24, 2.45) is 5.73 Å². The standard InChI is InChI=1S/C12H15NO/c13-10-6-3-5-9-8-4-1-2-7-11(8)14-12(9)10/h1-2,4,7,9-10,12H,3,5-6,13H2. The third-order valence-electron chi connectivity index (χ3n) is 3.45. The Morgan fingerprint density at radius 3 is 3.00 bits per heavy atom. The lowest BCUT2D eigenvalue weighted by molar-refractivity contribution is 0.140. The van der Waals surface area contributed by atoms with E-state index in [0.717, 1.165) is 12.2 Å². The molecule has 1 saturated carbocycles. The molecule has 1 aromatic carbocycles. The minimum absolute atomic E-state index is 0.223. The van der Waals surface area contributed by atoms with Gasteiger partial charge in [-0.15, -0.1) is 0 Å². The first-order valence-corrected chi connectivity index (χ1v) is 5.37. The quantitative estimate of drug-likeness (QED) is 0.678. The Balaban J connectivity index is 2.00. The molecule has 0 bridgehead atoms. The van der Waals surface area contributed by atoms with Crippen molar-refractivity contribution >= 4 is 0 Å². The molecule has 2 N–H and O–H groups in total. The van der Waals surface area contributed by atoms with Crippen molar-refractivity contribution < 1.29 is 4.74 Å². The Kier molecular flexibility index (Phi) is 1.77. The van der Waals surface area contributed by atoms with Gasteiger partial charge in [-0.1, -0.05) is 24.6 Å². The van der Waals surface area contributed by atoms with E-state index in [1.807, 2.05) is 6.07 Å². The summed E-state index contributed by atoms with van der Waals surface area (Å²) >= 11 is 0. The third kappa shape index (κ3) is 1.07. The molecule has 3 unspecified atom stereocenters. The molecule has 0 saturated heterocycles. The van der Waals surface area contributed by atoms with Crippen molar-refractivity contribution in [3.05, 3.63) is 29.8 Å². The highest BCUT2D eigenvalue weighted by Crippen LogP contribution is 2.44. The summed E-state index contributed by atoms with van der Waals surface area (Å²) in [5.41, 5.74) is 7.44. The van der Waals surface area contributed by atoms with Crippen molar-refractivity contribution in [3.63, 3.8) is 0 Å². The highest BCUT2D eigenvalue weighted by molar-refractivity contribution is 5.41. The summed E-state index contributed by atoms with van der Waals surface area (Å²) < 4.78 is 5.90. The van der Waals surface area contributed by atoms with Crippen LogP contribution in [0.3, 0.4) is 0 Å². The molecule has 74 valence electrons. The van der Waals surface area contributed by atoms with Gasteiger partial charge in [0.25, 0.3) is 0 Å². The number of ether oxygens (including phenoxy) is 1. The van der Waals surface area contributed by atoms with Crippen LogP contribution in [-0.4, -0.2) is 12.1 Å². The van der Waals surface area contributed by atoms with Gasteiger partial charge in [0.05, 0.1) is 0 Å². The second kappa shape index (κ2) is 2.99. The summed E-state index contributed by atoms with van der Waals surface area (Å²) in [7, 11) is 0. The molecule has 0 amide bonds. The molecule has 1 aliphatic carbocycles. The zero-order chi connectivity index (χ0) is 9.54. The molecule has 0 radical (unpaired) electrons. The monoisotopic (exact) mass is 189 g/mol. The van der Waals surface area contributed by atoms with Gasteiger partial charge in [-0.25, -0.2) is 0 Å². The molecule has 2 nitrogen and oxygen atoms in total. The summed E-state index contributed by atoms with van der Waals surface area (Å²) in [5, 5.41) is 0. The van der Waals surface area contributed by atoms with E-state index in [9.17, 15) is 0 Å². The number of para-hydroxylation sites is 1. The Bertz CT molecular complexity index is 350. The SMILES string of the molecule is NC1CCCC2c3ccccc3OC12. The lowest BCUT2D eigenvalue weighted by atomic mass is 9.81. The van der Waals surface area contributed by atoms with Crippen LogP contribution < -0.4 is 10.5 Å². The maximum Gasteiger partial charge on any atom is 0.123 e. The van der Waals surface area contributed by atoms with Crippen LogP contribution in [0.4, 0.5) is 0 Å². The molecule has 3 atom stereocenters. The van der Waals surface area contributed by atoms with E-state index < -0.39 is 0 Å². The normalized spacial score (nSPS) is 34.5. The van der Waals surface area contributed by atoms with Crippen molar-refractivity contribution in [2.45, 2.75) is 37.3 Å². The topological polar surface area (TPSA) is 35.2 Å². The number of rotatable bonds is 0. The van der Waals surface area contributed by atoms with E-state index in [0.29, 0.717) is 5.92 Å². The minimum Gasteiger partial charge on any atom is -0.488 e. The van der Waals surface area contributed by atoms with Crippen LogP contribution in [0.2, 0.25) is 0 Å². The van der Waals surface area contributed by atoms with Crippen LogP contribution in [0.25, 0.3) is 0 Å². The lowest BCUT2D eigenvalue weighted by Crippen LogP contribution is -2.42. The average molecular weight is 189 g/mol. The predicted octanol–water partition coefficient (Wildman–Crippen LogP) is 2.04. The fourth-order valence-corrected chi connectivity index (χ4v) is 2.74. The third-order valence-corrected chi connectivity index (χ3v) is 3.45. The van der Waals surface area contributed by atoms with Gasteiger partial charge in [0.1, 0.15) is 11.9 Å². The van der Waals surface area contributed by atoms with Gasteiger partial charge in [0.2, 0.25) is 0 Å². The van der Waals surface area contributed by atoms with E-state index in [2.05, 4.69) is 18.2 Å². The van der Waals surface area contributed by atoms with E-state index in [-0.39, 0.29) is 12.1 Å². The number of hydrogen-bond acceptors (Lipinski definition) is 2. The van der Waals surface area contributed by atoms with Gasteiger partial charge < -0.3 is 10.5 Å². The second-order valence-electron chi connectivity index (χ2n) is 4.32. The first kappa shape index (κ1) is 8.30. The Morgan fingerprint density at radius 2 is 2.07 bits per heavy atom. The first-order chi connectivity index (χ1) is 6.86. The summed E-state index contributed by atoms with van der Waals surface area (Å²) in [6.07, 6.45) is 3.81. The summed E-state index contributed by atoms with van der Waals surface area (Å²) in [4.78, 5) is 0. The van der Waals surface area contributed by atoms with Gasteiger partial charge in [-0.2, -0.15) is 0 Å². The molecule has 2 aliphatic rings. The highest BCUT2D eigenvalue weighted by atomic mass is 16.5. The van der Waals surface area contributed by atoms with Crippen LogP contribution in [0.1, 0.15) is 30.7 Å². The fourth-order valence-electron chi connectivity index (χ4n) is 2.74. The molecule has 3 rings (SSSR count). The van der Waals surface area contributed by atoms with Crippen LogP contribution in [0.5, 0.6) is 5.75 Å². The molecule has 1 fully saturated rings. The van der Waals surface area contributed by atoms with Crippen LogP contribution >= 0.6 is 0 Å². The molecule has 0 aromatic heterocycles. The summed E-state index contributed by atoms with van der Waals surface area (Å²) in [5.74, 6) is 1.61. The van der Waals surface area contributed by atoms with Crippen LogP contribution in [-0.2, 0) is 0 Å². The maximum absolute atomic E-state index is 6.07. The lowest BCUT2D eigenvalue weighted by Gasteiger charge is -2.29. The fraction of sp³-hybridized carbons (Fsp3) is 0.500. The molecular formula is C12H15NO. The van der Waals surface area contributed by atoms with Crippen molar-refractivity contribution in [3.8, 4) is 5.75 Å². The minimum atomic E-state index is 0.223. The van der Waals surface area contributed by atoms with Gasteiger partial charge >= 0.3 is 0 Å². The number of fused-ring (bicyclic) bond motifs is 3. The second-order valence-corrected chi connectivity index (χ2v) is 4.32. The summed E-state index contributed by atoms with van der Waals surface area (Å²) in [6, 6.07) is 8.58. The Morgan fingerprint density at radius 1 is 1.21 bits per heavy atom. The van der Waals surface area contributed by atoms with Gasteiger partial charge in [-0.05, 0) is 18.9 Å². The Hall–Kier alpha value is -1.02. The zero-order valence-corrected chi connectivity index (χ0v) is 8.15. The molecule has 1 aromatic rings. The Labute approximate surface area is 84.1 Å². The van der Waals surface area contributed by atoms with Crippen molar-refractivity contribution in [2.75, 3.05) is 0 Å². The molecule has 1 heterocycles. The average Bonchev–Trinajstić information content (AvgIpc) is 2.59. The molecule has 2 heteroatoms. The van der Waals surface area contributed by atoms with E-state index >= 15 is 0 Å². The molecule has 0 spiro atoms. The van der Waals surface area contributed by atoms with Crippen molar-refractivity contribution in [1.82, 2.24) is 0 Å². The van der Waals surface area contributed by atoms with Gasteiger partial charge in [0, 0.05) is 17.5 Å². The smallest absolute Gasteiger partial charge is 0.123 e. The molecular weight excluding hydrogens is 174 g/mol. The van der Waals surface area contributed by atoms with Crippen LogP contribution in [0.15, 0.2) is 24.3 Å². The number of nitrogens with two attached hydrogens (primary N) is 1.